The predicted octanol–water partition coefficient (Wildman–Crippen LogP) is 3.69. The SMILES string of the molecule is Cc1ncsc1COc1ccc2oc(C)c(C(=O)NC3(C(C)C(=O)O)CCOC3)c2c1. The molecule has 2 unspecified atom stereocenters. The second-order valence-electron chi connectivity index (χ2n) is 7.81. The van der Waals surface area contributed by atoms with Gasteiger partial charge in [-0.25, -0.2) is 4.98 Å². The Balaban J connectivity index is 1.61. The van der Waals surface area contributed by atoms with Gasteiger partial charge < -0.3 is 24.3 Å². The largest absolute Gasteiger partial charge is 0.488 e. The van der Waals surface area contributed by atoms with Crippen LogP contribution < -0.4 is 10.1 Å². The first-order valence-electron chi connectivity index (χ1n) is 9.99. The zero-order valence-corrected chi connectivity index (χ0v) is 18.4. The van der Waals surface area contributed by atoms with E-state index >= 15 is 0 Å². The fraction of sp³-hybridized carbons (Fsp3) is 0.409. The first-order valence-corrected chi connectivity index (χ1v) is 10.9. The maximum Gasteiger partial charge on any atom is 0.308 e. The van der Waals surface area contributed by atoms with Crippen molar-refractivity contribution in [3.05, 3.63) is 45.6 Å². The van der Waals surface area contributed by atoms with Gasteiger partial charge in [-0.15, -0.1) is 11.3 Å². The number of aromatic nitrogens is 1. The first-order chi connectivity index (χ1) is 14.8. The third-order valence-electron chi connectivity index (χ3n) is 5.89. The lowest BCUT2D eigenvalue weighted by Gasteiger charge is -2.32. The van der Waals surface area contributed by atoms with Crippen LogP contribution in [0.4, 0.5) is 0 Å². The number of hydrogen-bond acceptors (Lipinski definition) is 7. The number of fused-ring (bicyclic) bond motifs is 1. The summed E-state index contributed by atoms with van der Waals surface area (Å²) in [5.74, 6) is -1.09. The Morgan fingerprint density at radius 1 is 1.39 bits per heavy atom. The summed E-state index contributed by atoms with van der Waals surface area (Å²) in [5, 5.41) is 13.1. The van der Waals surface area contributed by atoms with Crippen LogP contribution in [0.25, 0.3) is 11.0 Å². The number of carbonyl (C=O) groups is 2. The van der Waals surface area contributed by atoms with Crippen molar-refractivity contribution in [1.29, 1.82) is 0 Å². The number of ether oxygens (including phenoxy) is 2. The van der Waals surface area contributed by atoms with Gasteiger partial charge in [0.05, 0.1) is 39.7 Å². The molecule has 3 aromatic rings. The highest BCUT2D eigenvalue weighted by Crippen LogP contribution is 2.32. The quantitative estimate of drug-likeness (QED) is 0.572. The number of carbonyl (C=O) groups excluding carboxylic acids is 1. The molecule has 1 aromatic carbocycles. The second-order valence-corrected chi connectivity index (χ2v) is 8.75. The number of amides is 1. The van der Waals surface area contributed by atoms with Crippen molar-refractivity contribution in [2.24, 2.45) is 5.92 Å². The van der Waals surface area contributed by atoms with Crippen LogP contribution in [0, 0.1) is 19.8 Å². The van der Waals surface area contributed by atoms with Crippen molar-refractivity contribution < 1.29 is 28.6 Å². The third-order valence-corrected chi connectivity index (χ3v) is 6.80. The fourth-order valence-corrected chi connectivity index (χ4v) is 4.53. The van der Waals surface area contributed by atoms with Gasteiger partial charge in [-0.1, -0.05) is 0 Å². The molecule has 1 amide bonds. The highest BCUT2D eigenvalue weighted by atomic mass is 32.1. The molecule has 8 nitrogen and oxygen atoms in total. The number of furan rings is 1. The third kappa shape index (κ3) is 4.03. The van der Waals surface area contributed by atoms with Gasteiger partial charge in [0.1, 0.15) is 23.7 Å². The molecule has 0 spiro atoms. The highest BCUT2D eigenvalue weighted by Gasteiger charge is 2.45. The van der Waals surface area contributed by atoms with E-state index < -0.39 is 17.4 Å². The Kier molecular flexibility index (Phi) is 5.72. The predicted molar refractivity (Wildman–Crippen MR) is 115 cm³/mol. The van der Waals surface area contributed by atoms with Crippen molar-refractivity contribution in [1.82, 2.24) is 10.3 Å². The van der Waals surface area contributed by atoms with Crippen LogP contribution in [0.2, 0.25) is 0 Å². The monoisotopic (exact) mass is 444 g/mol. The van der Waals surface area contributed by atoms with E-state index in [1.54, 1.807) is 37.6 Å². The lowest BCUT2D eigenvalue weighted by atomic mass is 9.84. The minimum atomic E-state index is -0.978. The molecular formula is C22H24N2O6S. The minimum absolute atomic E-state index is 0.156. The topological polar surface area (TPSA) is 111 Å². The molecule has 2 N–H and O–H groups in total. The van der Waals surface area contributed by atoms with Crippen molar-refractivity contribution in [3.63, 3.8) is 0 Å². The van der Waals surface area contributed by atoms with E-state index in [-0.39, 0.29) is 12.5 Å². The smallest absolute Gasteiger partial charge is 0.308 e. The summed E-state index contributed by atoms with van der Waals surface area (Å²) in [6.45, 7) is 6.18. The number of aryl methyl sites for hydroxylation is 2. The summed E-state index contributed by atoms with van der Waals surface area (Å²) < 4.78 is 17.1. The summed E-state index contributed by atoms with van der Waals surface area (Å²) in [4.78, 5) is 30.1. The van der Waals surface area contributed by atoms with Crippen LogP contribution in [-0.2, 0) is 16.1 Å². The molecule has 1 aliphatic rings. The Morgan fingerprint density at radius 2 is 2.19 bits per heavy atom. The van der Waals surface area contributed by atoms with Gasteiger partial charge in [0.15, 0.2) is 0 Å². The standard InChI is InChI=1S/C22H24N2O6S/c1-12(21(26)27)22(6-7-28-10-22)24-20(25)19-14(3)30-17-5-4-15(8-16(17)19)29-9-18-13(2)23-11-31-18/h4-5,8,11-12H,6-7,9-10H2,1-3H3,(H,24,25)(H,26,27). The van der Waals surface area contributed by atoms with Crippen molar-refractivity contribution >= 4 is 34.2 Å². The maximum atomic E-state index is 13.3. The summed E-state index contributed by atoms with van der Waals surface area (Å²) >= 11 is 1.53. The van der Waals surface area contributed by atoms with Gasteiger partial charge in [0, 0.05) is 12.0 Å². The van der Waals surface area contributed by atoms with Crippen LogP contribution in [0.1, 0.15) is 40.0 Å². The zero-order valence-electron chi connectivity index (χ0n) is 17.6. The number of carboxylic acid groups (broad SMARTS) is 1. The number of carboxylic acids is 1. The molecule has 1 saturated heterocycles. The molecule has 31 heavy (non-hydrogen) atoms. The van der Waals surface area contributed by atoms with Crippen LogP contribution in [0.5, 0.6) is 5.75 Å². The van der Waals surface area contributed by atoms with Crippen molar-refractivity contribution in [2.75, 3.05) is 13.2 Å². The first kappa shape index (κ1) is 21.3. The lowest BCUT2D eigenvalue weighted by Crippen LogP contribution is -2.56. The summed E-state index contributed by atoms with van der Waals surface area (Å²) in [6.07, 6.45) is 0.434. The molecule has 3 heterocycles. The van der Waals surface area contributed by atoms with E-state index in [1.165, 1.54) is 11.3 Å². The van der Waals surface area contributed by atoms with Crippen molar-refractivity contribution in [3.8, 4) is 5.75 Å². The van der Waals surface area contributed by atoms with E-state index in [1.807, 2.05) is 6.92 Å². The van der Waals surface area contributed by atoms with Crippen LogP contribution in [-0.4, -0.2) is 40.7 Å². The van der Waals surface area contributed by atoms with E-state index in [0.29, 0.717) is 47.7 Å². The Bertz CT molecular complexity index is 1130. The Morgan fingerprint density at radius 3 is 2.84 bits per heavy atom. The van der Waals surface area contributed by atoms with Gasteiger partial charge in [0.25, 0.3) is 5.91 Å². The molecule has 0 aliphatic carbocycles. The lowest BCUT2D eigenvalue weighted by molar-refractivity contribution is -0.143. The molecule has 9 heteroatoms. The van der Waals surface area contributed by atoms with E-state index in [2.05, 4.69) is 10.3 Å². The molecule has 164 valence electrons. The number of rotatable bonds is 7. The highest BCUT2D eigenvalue weighted by molar-refractivity contribution is 7.09. The van der Waals surface area contributed by atoms with Crippen LogP contribution in [0.15, 0.2) is 28.1 Å². The number of nitrogens with zero attached hydrogens (tertiary/aromatic N) is 1. The number of hydrogen-bond donors (Lipinski definition) is 2. The summed E-state index contributed by atoms with van der Waals surface area (Å²) in [7, 11) is 0. The van der Waals surface area contributed by atoms with Gasteiger partial charge in [-0.05, 0) is 45.4 Å². The normalized spacial score (nSPS) is 19.5. The average molecular weight is 445 g/mol. The molecule has 1 aliphatic heterocycles. The number of aliphatic carboxylic acids is 1. The summed E-state index contributed by atoms with van der Waals surface area (Å²) in [6, 6.07) is 5.33. The van der Waals surface area contributed by atoms with Gasteiger partial charge in [-0.2, -0.15) is 0 Å². The minimum Gasteiger partial charge on any atom is -0.488 e. The Labute approximate surface area is 183 Å². The molecule has 2 atom stereocenters. The number of nitrogens with one attached hydrogen (secondary N) is 1. The molecule has 0 radical (unpaired) electrons. The van der Waals surface area contributed by atoms with Gasteiger partial charge in [-0.3, -0.25) is 9.59 Å². The van der Waals surface area contributed by atoms with Crippen molar-refractivity contribution in [2.45, 2.75) is 39.3 Å². The van der Waals surface area contributed by atoms with E-state index in [4.69, 9.17) is 13.9 Å². The molecule has 0 saturated carbocycles. The zero-order chi connectivity index (χ0) is 22.2. The molecule has 4 rings (SSSR count). The van der Waals surface area contributed by atoms with Gasteiger partial charge in [0.2, 0.25) is 0 Å². The number of thiazole rings is 1. The fourth-order valence-electron chi connectivity index (χ4n) is 3.84. The maximum absolute atomic E-state index is 13.3. The Hall–Kier alpha value is -2.91. The van der Waals surface area contributed by atoms with Crippen LogP contribution >= 0.6 is 11.3 Å². The van der Waals surface area contributed by atoms with Crippen LogP contribution in [0.3, 0.4) is 0 Å². The summed E-state index contributed by atoms with van der Waals surface area (Å²) in [5.41, 5.74) is 2.68. The molecule has 0 bridgehead atoms. The van der Waals surface area contributed by atoms with E-state index in [0.717, 1.165) is 10.6 Å². The number of benzene rings is 1. The molecule has 1 fully saturated rings. The molecular weight excluding hydrogens is 420 g/mol. The average Bonchev–Trinajstić information content (AvgIpc) is 3.44. The van der Waals surface area contributed by atoms with Gasteiger partial charge >= 0.3 is 5.97 Å². The molecule has 2 aromatic heterocycles. The second kappa shape index (κ2) is 8.32. The van der Waals surface area contributed by atoms with E-state index in [9.17, 15) is 14.7 Å².